The highest BCUT2D eigenvalue weighted by Crippen LogP contribution is 2.09. The molecule has 0 unspecified atom stereocenters. The minimum atomic E-state index is -0.185. The largest absolute Gasteiger partial charge is 0.381 e. The first-order chi connectivity index (χ1) is 8.67. The Hall–Kier alpha value is -2.37. The van der Waals surface area contributed by atoms with E-state index in [2.05, 4.69) is 22.4 Å². The normalized spacial score (nSPS) is 10.3. The number of benzene rings is 1. The van der Waals surface area contributed by atoms with Crippen molar-refractivity contribution in [3.8, 4) is 0 Å². The molecule has 6 nitrogen and oxygen atoms in total. The third-order valence-electron chi connectivity index (χ3n) is 2.49. The number of rotatable bonds is 4. The fourth-order valence-electron chi connectivity index (χ4n) is 1.54. The Balaban J connectivity index is 1.94. The van der Waals surface area contributed by atoms with Gasteiger partial charge in [-0.2, -0.15) is 9.90 Å². The van der Waals surface area contributed by atoms with Crippen LogP contribution in [0.25, 0.3) is 0 Å². The second-order valence-corrected chi connectivity index (χ2v) is 3.90. The molecule has 3 N–H and O–H groups in total. The molecule has 0 aliphatic heterocycles. The summed E-state index contributed by atoms with van der Waals surface area (Å²) in [7, 11) is 0. The lowest BCUT2D eigenvalue weighted by Gasteiger charge is -2.05. The van der Waals surface area contributed by atoms with E-state index in [9.17, 15) is 4.79 Å². The molecule has 2 aromatic rings. The third kappa shape index (κ3) is 3.07. The molecule has 18 heavy (non-hydrogen) atoms. The van der Waals surface area contributed by atoms with E-state index in [1.807, 2.05) is 24.3 Å². The van der Waals surface area contributed by atoms with Gasteiger partial charge >= 0.3 is 0 Å². The highest BCUT2D eigenvalue weighted by atomic mass is 16.2. The molecule has 2 rings (SSSR count). The molecule has 6 heteroatoms. The fraction of sp³-hybridized carbons (Fsp3) is 0.250. The van der Waals surface area contributed by atoms with Crippen molar-refractivity contribution in [2.24, 2.45) is 0 Å². The average molecular weight is 245 g/mol. The summed E-state index contributed by atoms with van der Waals surface area (Å²) in [5.41, 5.74) is 7.41. The predicted molar refractivity (Wildman–Crippen MR) is 68.9 cm³/mol. The number of nitrogens with two attached hydrogens (primary N) is 1. The van der Waals surface area contributed by atoms with E-state index in [1.165, 1.54) is 16.6 Å². The van der Waals surface area contributed by atoms with E-state index in [4.69, 9.17) is 5.73 Å². The Morgan fingerprint density at radius 1 is 1.39 bits per heavy atom. The number of nitrogens with zero attached hydrogens (tertiary/aromatic N) is 3. The van der Waals surface area contributed by atoms with Crippen LogP contribution in [0.2, 0.25) is 0 Å². The maximum atomic E-state index is 11.7. The van der Waals surface area contributed by atoms with Crippen LogP contribution < -0.4 is 11.1 Å². The van der Waals surface area contributed by atoms with Crippen molar-refractivity contribution in [3.05, 3.63) is 36.0 Å². The Bertz CT molecular complexity index is 532. The van der Waals surface area contributed by atoms with E-state index in [0.29, 0.717) is 5.82 Å². The van der Waals surface area contributed by atoms with Gasteiger partial charge in [0.1, 0.15) is 6.54 Å². The van der Waals surface area contributed by atoms with Gasteiger partial charge in [-0.15, -0.1) is 5.10 Å². The number of aryl methyl sites for hydroxylation is 1. The molecule has 1 aromatic carbocycles. The number of nitrogens with one attached hydrogen (secondary N) is 1. The molecule has 94 valence electrons. The maximum absolute atomic E-state index is 11.7. The zero-order chi connectivity index (χ0) is 13.0. The number of carbonyl (C=O) groups excluding carboxylic acids is 1. The topological polar surface area (TPSA) is 85.8 Å². The quantitative estimate of drug-likeness (QED) is 0.843. The molecule has 0 radical (unpaired) electrons. The summed E-state index contributed by atoms with van der Waals surface area (Å²) < 4.78 is 0. The Kier molecular flexibility index (Phi) is 3.57. The van der Waals surface area contributed by atoms with E-state index in [1.54, 1.807) is 0 Å². The molecule has 1 aromatic heterocycles. The Morgan fingerprint density at radius 2 is 2.11 bits per heavy atom. The van der Waals surface area contributed by atoms with Crippen LogP contribution in [0.1, 0.15) is 12.5 Å². The number of carbonyl (C=O) groups is 1. The van der Waals surface area contributed by atoms with Crippen LogP contribution in [-0.2, 0) is 17.8 Å². The van der Waals surface area contributed by atoms with E-state index in [-0.39, 0.29) is 12.5 Å². The fourth-order valence-corrected chi connectivity index (χ4v) is 1.54. The highest BCUT2D eigenvalue weighted by Gasteiger charge is 2.05. The van der Waals surface area contributed by atoms with Gasteiger partial charge in [-0.25, -0.2) is 0 Å². The lowest BCUT2D eigenvalue weighted by molar-refractivity contribution is -0.117. The number of anilines is 2. The first-order valence-electron chi connectivity index (χ1n) is 5.72. The first-order valence-corrected chi connectivity index (χ1v) is 5.72. The van der Waals surface area contributed by atoms with Gasteiger partial charge in [0, 0.05) is 5.69 Å². The van der Waals surface area contributed by atoms with Crippen molar-refractivity contribution in [3.63, 3.8) is 0 Å². The van der Waals surface area contributed by atoms with Gasteiger partial charge in [-0.05, 0) is 24.1 Å². The number of aromatic nitrogens is 3. The summed E-state index contributed by atoms with van der Waals surface area (Å²) in [6.45, 7) is 2.13. The van der Waals surface area contributed by atoms with Crippen LogP contribution in [-0.4, -0.2) is 20.9 Å². The Labute approximate surface area is 105 Å². The summed E-state index contributed by atoms with van der Waals surface area (Å²) in [4.78, 5) is 12.9. The van der Waals surface area contributed by atoms with Crippen LogP contribution in [0, 0.1) is 0 Å². The molecular formula is C12H15N5O. The first kappa shape index (κ1) is 12.1. The zero-order valence-electron chi connectivity index (χ0n) is 10.1. The van der Waals surface area contributed by atoms with Gasteiger partial charge in [-0.1, -0.05) is 19.1 Å². The Morgan fingerprint density at radius 3 is 2.67 bits per heavy atom. The smallest absolute Gasteiger partial charge is 0.247 e. The summed E-state index contributed by atoms with van der Waals surface area (Å²) >= 11 is 0. The van der Waals surface area contributed by atoms with Crippen LogP contribution in [0.5, 0.6) is 0 Å². The second kappa shape index (κ2) is 5.31. The van der Waals surface area contributed by atoms with Gasteiger partial charge in [0.25, 0.3) is 0 Å². The minimum Gasteiger partial charge on any atom is -0.381 e. The molecule has 1 heterocycles. The number of nitrogen functional groups attached to an aromatic ring is 1. The molecule has 0 saturated carbocycles. The number of amides is 1. The lowest BCUT2D eigenvalue weighted by Crippen LogP contribution is -2.20. The minimum absolute atomic E-state index is 0.0483. The van der Waals surface area contributed by atoms with E-state index < -0.39 is 0 Å². The molecule has 0 fully saturated rings. The summed E-state index contributed by atoms with van der Waals surface area (Å²) in [6.07, 6.45) is 2.38. The summed E-state index contributed by atoms with van der Waals surface area (Å²) in [5, 5.41) is 10.5. The molecule has 0 atom stereocenters. The standard InChI is InChI=1S/C12H15N5O/c1-2-9-3-5-10(6-4-9)15-12(18)8-17-14-7-11(13)16-17/h3-7H,2,8H2,1H3,(H2,13,16)(H,15,18). The van der Waals surface area contributed by atoms with Crippen molar-refractivity contribution in [1.29, 1.82) is 0 Å². The van der Waals surface area contributed by atoms with Crippen LogP contribution >= 0.6 is 0 Å². The van der Waals surface area contributed by atoms with E-state index >= 15 is 0 Å². The molecule has 0 spiro atoms. The molecule has 0 saturated heterocycles. The summed E-state index contributed by atoms with van der Waals surface area (Å²) in [6, 6.07) is 7.72. The van der Waals surface area contributed by atoms with Gasteiger partial charge < -0.3 is 11.1 Å². The second-order valence-electron chi connectivity index (χ2n) is 3.90. The monoisotopic (exact) mass is 245 g/mol. The van der Waals surface area contributed by atoms with E-state index in [0.717, 1.165) is 12.1 Å². The summed E-state index contributed by atoms with van der Waals surface area (Å²) in [5.74, 6) is 0.116. The molecule has 0 aliphatic carbocycles. The maximum Gasteiger partial charge on any atom is 0.247 e. The van der Waals surface area contributed by atoms with Gasteiger partial charge in [-0.3, -0.25) is 4.79 Å². The van der Waals surface area contributed by atoms with Crippen LogP contribution in [0.4, 0.5) is 11.5 Å². The van der Waals surface area contributed by atoms with Crippen molar-refractivity contribution in [2.45, 2.75) is 19.9 Å². The molecular weight excluding hydrogens is 230 g/mol. The van der Waals surface area contributed by atoms with Crippen molar-refractivity contribution in [2.75, 3.05) is 11.1 Å². The highest BCUT2D eigenvalue weighted by molar-refractivity contribution is 5.90. The number of hydrogen-bond acceptors (Lipinski definition) is 4. The van der Waals surface area contributed by atoms with Crippen molar-refractivity contribution >= 4 is 17.4 Å². The average Bonchev–Trinajstić information content (AvgIpc) is 2.75. The van der Waals surface area contributed by atoms with Crippen LogP contribution in [0.3, 0.4) is 0 Å². The van der Waals surface area contributed by atoms with Crippen LogP contribution in [0.15, 0.2) is 30.5 Å². The number of hydrogen-bond donors (Lipinski definition) is 2. The van der Waals surface area contributed by atoms with Crippen molar-refractivity contribution < 1.29 is 4.79 Å². The van der Waals surface area contributed by atoms with Crippen molar-refractivity contribution in [1.82, 2.24) is 15.0 Å². The zero-order valence-corrected chi connectivity index (χ0v) is 10.1. The van der Waals surface area contributed by atoms with Gasteiger partial charge in [0.2, 0.25) is 5.91 Å². The SMILES string of the molecule is CCc1ccc(NC(=O)Cn2ncc(N)n2)cc1. The molecule has 0 aliphatic rings. The molecule has 0 bridgehead atoms. The molecule has 1 amide bonds. The van der Waals surface area contributed by atoms with Gasteiger partial charge in [0.15, 0.2) is 5.82 Å². The predicted octanol–water partition coefficient (Wildman–Crippen LogP) is 1.06. The lowest BCUT2D eigenvalue weighted by atomic mass is 10.1. The third-order valence-corrected chi connectivity index (χ3v) is 2.49. The van der Waals surface area contributed by atoms with Gasteiger partial charge in [0.05, 0.1) is 6.20 Å².